The Morgan fingerprint density at radius 2 is 1.76 bits per heavy atom. The molecule has 0 spiro atoms. The monoisotopic (exact) mass is 292 g/mol. The Morgan fingerprint density at radius 3 is 2.33 bits per heavy atom. The molecule has 118 valence electrons. The first-order valence-electron chi connectivity index (χ1n) is 8.50. The number of nitrogens with zero attached hydrogens (tertiary/aromatic N) is 1. The summed E-state index contributed by atoms with van der Waals surface area (Å²) in [6, 6.07) is 6.17. The van der Waals surface area contributed by atoms with Gasteiger partial charge >= 0.3 is 0 Å². The van der Waals surface area contributed by atoms with Crippen molar-refractivity contribution in [1.82, 2.24) is 5.32 Å². The second kappa shape index (κ2) is 8.38. The summed E-state index contributed by atoms with van der Waals surface area (Å²) in [5, 5.41) is 3.47. The molecule has 3 heteroatoms. The van der Waals surface area contributed by atoms with E-state index in [2.05, 4.69) is 30.1 Å². The fourth-order valence-electron chi connectivity index (χ4n) is 2.54. The predicted molar refractivity (Wildman–Crippen MR) is 88.3 cm³/mol. The third kappa shape index (κ3) is 5.66. The van der Waals surface area contributed by atoms with E-state index in [1.165, 1.54) is 25.7 Å². The van der Waals surface area contributed by atoms with Gasteiger partial charge in [0.2, 0.25) is 0 Å². The second-order valence-electron chi connectivity index (χ2n) is 6.17. The van der Waals surface area contributed by atoms with Crippen molar-refractivity contribution in [1.29, 1.82) is 0 Å². The summed E-state index contributed by atoms with van der Waals surface area (Å²) in [7, 11) is 0. The van der Waals surface area contributed by atoms with Crippen molar-refractivity contribution in [2.75, 3.05) is 18.0 Å². The first kappa shape index (κ1) is 16.3. The molecule has 0 unspecified atom stereocenters. The maximum Gasteiger partial charge on any atom is 0.125 e. The maximum atomic E-state index is 13.9. The van der Waals surface area contributed by atoms with Crippen LogP contribution in [0.25, 0.3) is 0 Å². The number of hydrogen-bond donors (Lipinski definition) is 1. The summed E-state index contributed by atoms with van der Waals surface area (Å²) in [4.78, 5) is 2.34. The highest BCUT2D eigenvalue weighted by atomic mass is 19.1. The third-order valence-corrected chi connectivity index (χ3v) is 4.04. The van der Waals surface area contributed by atoms with Gasteiger partial charge in [-0.25, -0.2) is 4.39 Å². The van der Waals surface area contributed by atoms with E-state index >= 15 is 0 Å². The van der Waals surface area contributed by atoms with Crippen LogP contribution in [-0.4, -0.2) is 19.1 Å². The van der Waals surface area contributed by atoms with Crippen LogP contribution in [0.3, 0.4) is 0 Å². The molecule has 0 bridgehead atoms. The van der Waals surface area contributed by atoms with Crippen LogP contribution in [0, 0.1) is 5.82 Å². The van der Waals surface area contributed by atoms with Crippen molar-refractivity contribution in [3.8, 4) is 0 Å². The Kier molecular flexibility index (Phi) is 6.50. The average Bonchev–Trinajstić information content (AvgIpc) is 3.29. The van der Waals surface area contributed by atoms with E-state index in [0.29, 0.717) is 6.04 Å². The minimum atomic E-state index is -0.113. The molecule has 1 aromatic rings. The third-order valence-electron chi connectivity index (χ3n) is 4.04. The molecular weight excluding hydrogens is 263 g/mol. The Balaban J connectivity index is 2.04. The van der Waals surface area contributed by atoms with Crippen molar-refractivity contribution < 1.29 is 4.39 Å². The summed E-state index contributed by atoms with van der Waals surface area (Å²) in [6.07, 6.45) is 7.20. The smallest absolute Gasteiger partial charge is 0.125 e. The van der Waals surface area contributed by atoms with Gasteiger partial charge in [0.15, 0.2) is 0 Å². The van der Waals surface area contributed by atoms with Crippen molar-refractivity contribution >= 4 is 5.69 Å². The van der Waals surface area contributed by atoms with Crippen LogP contribution in [0.5, 0.6) is 0 Å². The van der Waals surface area contributed by atoms with Gasteiger partial charge in [-0.05, 0) is 49.4 Å². The molecule has 1 N–H and O–H groups in total. The number of halogens is 1. The van der Waals surface area contributed by atoms with Gasteiger partial charge < -0.3 is 10.2 Å². The molecule has 1 aromatic carbocycles. The first-order chi connectivity index (χ1) is 10.2. The first-order valence-corrected chi connectivity index (χ1v) is 8.50. The summed E-state index contributed by atoms with van der Waals surface area (Å²) >= 11 is 0. The van der Waals surface area contributed by atoms with E-state index in [1.54, 1.807) is 12.1 Å². The molecule has 1 fully saturated rings. The molecule has 1 saturated carbocycles. The molecule has 0 heterocycles. The summed E-state index contributed by atoms with van der Waals surface area (Å²) < 4.78 is 13.9. The summed E-state index contributed by atoms with van der Waals surface area (Å²) in [6.45, 7) is 7.23. The van der Waals surface area contributed by atoms with Gasteiger partial charge in [-0.2, -0.15) is 0 Å². The van der Waals surface area contributed by atoms with Crippen LogP contribution in [0.2, 0.25) is 0 Å². The number of benzene rings is 1. The number of rotatable bonds is 10. The highest BCUT2D eigenvalue weighted by Gasteiger charge is 2.20. The summed E-state index contributed by atoms with van der Waals surface area (Å²) in [5.74, 6) is -0.113. The zero-order valence-electron chi connectivity index (χ0n) is 13.5. The van der Waals surface area contributed by atoms with Crippen LogP contribution in [0.4, 0.5) is 10.1 Å². The molecule has 1 aliphatic rings. The van der Waals surface area contributed by atoms with Crippen molar-refractivity contribution in [3.05, 3.63) is 29.6 Å². The van der Waals surface area contributed by atoms with Gasteiger partial charge in [0.25, 0.3) is 0 Å². The van der Waals surface area contributed by atoms with Gasteiger partial charge in [0.1, 0.15) is 5.82 Å². The zero-order valence-corrected chi connectivity index (χ0v) is 13.5. The minimum absolute atomic E-state index is 0.113. The van der Waals surface area contributed by atoms with E-state index in [1.807, 2.05) is 0 Å². The van der Waals surface area contributed by atoms with Crippen LogP contribution in [-0.2, 0) is 6.54 Å². The largest absolute Gasteiger partial charge is 0.371 e. The number of nitrogens with one attached hydrogen (secondary N) is 1. The quantitative estimate of drug-likeness (QED) is 0.684. The van der Waals surface area contributed by atoms with Gasteiger partial charge in [0.05, 0.1) is 0 Å². The molecule has 1 aliphatic carbocycles. The predicted octanol–water partition coefficient (Wildman–Crippen LogP) is 4.48. The van der Waals surface area contributed by atoms with Crippen molar-refractivity contribution in [3.63, 3.8) is 0 Å². The molecule has 0 aromatic heterocycles. The molecule has 0 atom stereocenters. The van der Waals surface area contributed by atoms with E-state index in [0.717, 1.165) is 43.7 Å². The zero-order chi connectivity index (χ0) is 15.1. The van der Waals surface area contributed by atoms with Gasteiger partial charge in [-0.3, -0.25) is 0 Å². The highest BCUT2D eigenvalue weighted by molar-refractivity contribution is 5.49. The van der Waals surface area contributed by atoms with Crippen LogP contribution >= 0.6 is 0 Å². The van der Waals surface area contributed by atoms with Crippen LogP contribution < -0.4 is 10.2 Å². The molecule has 0 amide bonds. The van der Waals surface area contributed by atoms with Gasteiger partial charge in [-0.1, -0.05) is 26.7 Å². The van der Waals surface area contributed by atoms with Gasteiger partial charge in [-0.15, -0.1) is 0 Å². The maximum absolute atomic E-state index is 13.9. The summed E-state index contributed by atoms with van der Waals surface area (Å²) in [5.41, 5.74) is 2.11. The van der Waals surface area contributed by atoms with Crippen molar-refractivity contribution in [2.24, 2.45) is 0 Å². The second-order valence-corrected chi connectivity index (χ2v) is 6.17. The molecule has 0 aliphatic heterocycles. The highest BCUT2D eigenvalue weighted by Crippen LogP contribution is 2.22. The Labute approximate surface area is 128 Å². The van der Waals surface area contributed by atoms with E-state index in [9.17, 15) is 4.39 Å². The molecule has 0 saturated heterocycles. The topological polar surface area (TPSA) is 15.3 Å². The minimum Gasteiger partial charge on any atom is -0.371 e. The van der Waals surface area contributed by atoms with E-state index in [-0.39, 0.29) is 5.82 Å². The standard InChI is InChI=1S/C18H29FN2/c1-3-5-9-21(10-6-4-2)18-12-15(11-16(19)13-18)14-20-17-7-8-17/h11-13,17,20H,3-10,14H2,1-2H3. The van der Waals surface area contributed by atoms with E-state index in [4.69, 9.17) is 0 Å². The Morgan fingerprint density at radius 1 is 1.10 bits per heavy atom. The van der Waals surface area contributed by atoms with Gasteiger partial charge in [0, 0.05) is 31.4 Å². The average molecular weight is 292 g/mol. The normalized spacial score (nSPS) is 14.4. The number of hydrogen-bond acceptors (Lipinski definition) is 2. The number of unbranched alkanes of at least 4 members (excludes halogenated alkanes) is 2. The molecular formula is C18H29FN2. The van der Waals surface area contributed by atoms with Crippen molar-refractivity contribution in [2.45, 2.75) is 65.0 Å². The Hall–Kier alpha value is -1.09. The fraction of sp³-hybridized carbons (Fsp3) is 0.667. The molecule has 2 rings (SSSR count). The lowest BCUT2D eigenvalue weighted by atomic mass is 10.1. The lowest BCUT2D eigenvalue weighted by Crippen LogP contribution is -2.26. The molecule has 21 heavy (non-hydrogen) atoms. The molecule has 2 nitrogen and oxygen atoms in total. The Bertz CT molecular complexity index is 421. The van der Waals surface area contributed by atoms with Crippen LogP contribution in [0.1, 0.15) is 57.9 Å². The van der Waals surface area contributed by atoms with Crippen LogP contribution in [0.15, 0.2) is 18.2 Å². The molecule has 0 radical (unpaired) electrons. The lowest BCUT2D eigenvalue weighted by molar-refractivity contribution is 0.615. The number of anilines is 1. The lowest BCUT2D eigenvalue weighted by Gasteiger charge is -2.25. The SMILES string of the molecule is CCCCN(CCCC)c1cc(F)cc(CNC2CC2)c1. The fourth-order valence-corrected chi connectivity index (χ4v) is 2.54. The van der Waals surface area contributed by atoms with E-state index < -0.39 is 0 Å².